The van der Waals surface area contributed by atoms with E-state index in [2.05, 4.69) is 36.1 Å². The van der Waals surface area contributed by atoms with Gasteiger partial charge >= 0.3 is 0 Å². The molecule has 1 amide bonds. The predicted molar refractivity (Wildman–Crippen MR) is 81.7 cm³/mol. The molecule has 2 rings (SSSR count). The molecular weight excluding hydrogens is 322 g/mol. The number of nitrogens with one attached hydrogen (secondary N) is 1. The number of rotatable bonds is 4. The fraction of sp³-hybridized carbons (Fsp3) is 0.615. The molecule has 0 unspecified atom stereocenters. The summed E-state index contributed by atoms with van der Waals surface area (Å²) in [4.78, 5) is 24.6. The fourth-order valence-electron chi connectivity index (χ4n) is 2.03. The summed E-state index contributed by atoms with van der Waals surface area (Å²) in [6.45, 7) is 7.47. The zero-order valence-electron chi connectivity index (χ0n) is 11.8. The molecule has 1 aromatic heterocycles. The number of hydrogen-bond donors (Lipinski definition) is 1. The summed E-state index contributed by atoms with van der Waals surface area (Å²) in [5.74, 6) is 0.885. The summed E-state index contributed by atoms with van der Waals surface area (Å²) in [6, 6.07) is 0.330. The molecule has 0 atom stereocenters. The number of carbonyl (C=O) groups excluding carboxylic acids is 1. The van der Waals surface area contributed by atoms with Crippen LogP contribution in [0.5, 0.6) is 0 Å². The van der Waals surface area contributed by atoms with Crippen molar-refractivity contribution >= 4 is 27.8 Å². The quantitative estimate of drug-likeness (QED) is 0.881. The summed E-state index contributed by atoms with van der Waals surface area (Å²) < 4.78 is 0.870. The van der Waals surface area contributed by atoms with Crippen molar-refractivity contribution in [1.29, 1.82) is 0 Å². The number of piperazine rings is 1. The molecule has 0 aliphatic carbocycles. The van der Waals surface area contributed by atoms with E-state index in [1.165, 1.54) is 0 Å². The van der Waals surface area contributed by atoms with Gasteiger partial charge < -0.3 is 15.1 Å². The van der Waals surface area contributed by atoms with E-state index in [4.69, 9.17) is 0 Å². The van der Waals surface area contributed by atoms with Crippen molar-refractivity contribution in [3.8, 4) is 0 Å². The Kier molecular flexibility index (Phi) is 5.31. The highest BCUT2D eigenvalue weighted by Gasteiger charge is 2.22. The smallest absolute Gasteiger partial charge is 0.236 e. The van der Waals surface area contributed by atoms with E-state index >= 15 is 0 Å². The third-order valence-electron chi connectivity index (χ3n) is 3.18. The predicted octanol–water partition coefficient (Wildman–Crippen LogP) is 0.886. The summed E-state index contributed by atoms with van der Waals surface area (Å²) in [7, 11) is 0. The van der Waals surface area contributed by atoms with Crippen LogP contribution in [0.1, 0.15) is 13.8 Å². The number of carbonyl (C=O) groups is 1. The number of aromatic nitrogens is 2. The van der Waals surface area contributed by atoms with Gasteiger partial charge in [0.15, 0.2) is 0 Å². The van der Waals surface area contributed by atoms with E-state index in [1.54, 1.807) is 12.4 Å². The Morgan fingerprint density at radius 1 is 1.30 bits per heavy atom. The van der Waals surface area contributed by atoms with E-state index in [-0.39, 0.29) is 5.91 Å². The minimum absolute atomic E-state index is 0.162. The van der Waals surface area contributed by atoms with Gasteiger partial charge in [-0.2, -0.15) is 0 Å². The second-order valence-corrected chi connectivity index (χ2v) is 6.02. The first kappa shape index (κ1) is 15.2. The van der Waals surface area contributed by atoms with E-state index in [9.17, 15) is 4.79 Å². The molecule has 0 bridgehead atoms. The maximum Gasteiger partial charge on any atom is 0.236 e. The van der Waals surface area contributed by atoms with Gasteiger partial charge in [-0.1, -0.05) is 13.8 Å². The van der Waals surface area contributed by atoms with E-state index in [0.29, 0.717) is 12.6 Å². The third kappa shape index (κ3) is 4.14. The first-order valence-corrected chi connectivity index (χ1v) is 7.59. The Morgan fingerprint density at radius 2 is 1.90 bits per heavy atom. The van der Waals surface area contributed by atoms with Crippen LogP contribution in [0.15, 0.2) is 16.9 Å². The van der Waals surface area contributed by atoms with Crippen molar-refractivity contribution in [3.63, 3.8) is 0 Å². The summed E-state index contributed by atoms with van der Waals surface area (Å²) in [6.07, 6.45) is 3.48. The number of hydrogen-bond acceptors (Lipinski definition) is 5. The number of anilines is 1. The summed E-state index contributed by atoms with van der Waals surface area (Å²) >= 11 is 3.32. The SMILES string of the molecule is CC(C)NCC(=O)N1CCN(c2ncc(Br)cn2)CC1. The highest BCUT2D eigenvalue weighted by Crippen LogP contribution is 2.13. The molecule has 20 heavy (non-hydrogen) atoms. The Morgan fingerprint density at radius 3 is 2.45 bits per heavy atom. The van der Waals surface area contributed by atoms with Crippen LogP contribution in [0.4, 0.5) is 5.95 Å². The molecule has 1 aliphatic rings. The Bertz CT molecular complexity index is 443. The first-order chi connectivity index (χ1) is 9.56. The molecule has 1 fully saturated rings. The van der Waals surface area contributed by atoms with Crippen molar-refractivity contribution in [3.05, 3.63) is 16.9 Å². The highest BCUT2D eigenvalue weighted by atomic mass is 79.9. The standard InChI is InChI=1S/C13H20BrN5O/c1-10(2)15-9-12(20)18-3-5-19(6-4-18)13-16-7-11(14)8-17-13/h7-8,10,15H,3-6,9H2,1-2H3. The largest absolute Gasteiger partial charge is 0.338 e. The summed E-state index contributed by atoms with van der Waals surface area (Å²) in [5.41, 5.74) is 0. The van der Waals surface area contributed by atoms with Gasteiger partial charge in [0.2, 0.25) is 11.9 Å². The van der Waals surface area contributed by atoms with Crippen LogP contribution < -0.4 is 10.2 Å². The van der Waals surface area contributed by atoms with Crippen molar-refractivity contribution in [2.45, 2.75) is 19.9 Å². The molecular formula is C13H20BrN5O. The first-order valence-electron chi connectivity index (χ1n) is 6.80. The van der Waals surface area contributed by atoms with Gasteiger partial charge in [0.05, 0.1) is 11.0 Å². The lowest BCUT2D eigenvalue weighted by Gasteiger charge is -2.34. The maximum atomic E-state index is 12.0. The second-order valence-electron chi connectivity index (χ2n) is 5.10. The molecule has 0 saturated carbocycles. The molecule has 1 saturated heterocycles. The highest BCUT2D eigenvalue weighted by molar-refractivity contribution is 9.10. The van der Waals surface area contributed by atoms with Gasteiger partial charge in [0, 0.05) is 44.6 Å². The molecule has 0 spiro atoms. The summed E-state index contributed by atoms with van der Waals surface area (Å²) in [5, 5.41) is 3.16. The number of amides is 1. The lowest BCUT2D eigenvalue weighted by Crippen LogP contribution is -2.51. The third-order valence-corrected chi connectivity index (χ3v) is 3.59. The monoisotopic (exact) mass is 341 g/mol. The Labute approximate surface area is 127 Å². The fourth-order valence-corrected chi connectivity index (χ4v) is 2.23. The lowest BCUT2D eigenvalue weighted by atomic mass is 10.3. The van der Waals surface area contributed by atoms with Crippen LogP contribution in [0.25, 0.3) is 0 Å². The molecule has 1 aromatic rings. The average Bonchev–Trinajstić information content (AvgIpc) is 2.46. The van der Waals surface area contributed by atoms with Gasteiger partial charge in [0.25, 0.3) is 0 Å². The van der Waals surface area contributed by atoms with E-state index in [1.807, 2.05) is 18.7 Å². The zero-order chi connectivity index (χ0) is 14.5. The molecule has 1 aliphatic heterocycles. The van der Waals surface area contributed by atoms with Gasteiger partial charge in [-0.25, -0.2) is 9.97 Å². The molecule has 1 N–H and O–H groups in total. The number of halogens is 1. The van der Waals surface area contributed by atoms with Gasteiger partial charge in [-0.05, 0) is 15.9 Å². The molecule has 0 aromatic carbocycles. The van der Waals surface area contributed by atoms with Crippen molar-refractivity contribution in [2.75, 3.05) is 37.6 Å². The van der Waals surface area contributed by atoms with Crippen molar-refractivity contribution in [1.82, 2.24) is 20.2 Å². The normalized spacial score (nSPS) is 15.8. The minimum atomic E-state index is 0.162. The van der Waals surface area contributed by atoms with Gasteiger partial charge in [-0.15, -0.1) is 0 Å². The maximum absolute atomic E-state index is 12.0. The topological polar surface area (TPSA) is 61.4 Å². The van der Waals surface area contributed by atoms with Crippen LogP contribution in [0, 0.1) is 0 Å². The van der Waals surface area contributed by atoms with Crippen LogP contribution in [-0.2, 0) is 4.79 Å². The Balaban J connectivity index is 1.83. The second kappa shape index (κ2) is 6.99. The number of nitrogens with zero attached hydrogens (tertiary/aromatic N) is 4. The van der Waals surface area contributed by atoms with Gasteiger partial charge in [-0.3, -0.25) is 4.79 Å². The van der Waals surface area contributed by atoms with E-state index in [0.717, 1.165) is 36.6 Å². The minimum Gasteiger partial charge on any atom is -0.338 e. The van der Waals surface area contributed by atoms with E-state index < -0.39 is 0 Å². The molecule has 2 heterocycles. The van der Waals surface area contributed by atoms with Crippen molar-refractivity contribution < 1.29 is 4.79 Å². The average molecular weight is 342 g/mol. The molecule has 6 nitrogen and oxygen atoms in total. The molecule has 7 heteroatoms. The molecule has 0 radical (unpaired) electrons. The molecule has 110 valence electrons. The van der Waals surface area contributed by atoms with Crippen LogP contribution >= 0.6 is 15.9 Å². The van der Waals surface area contributed by atoms with Crippen molar-refractivity contribution in [2.24, 2.45) is 0 Å². The van der Waals surface area contributed by atoms with Crippen LogP contribution in [0.3, 0.4) is 0 Å². The zero-order valence-corrected chi connectivity index (χ0v) is 13.4. The van der Waals surface area contributed by atoms with Crippen LogP contribution in [0.2, 0.25) is 0 Å². The Hall–Kier alpha value is -1.21. The van der Waals surface area contributed by atoms with Gasteiger partial charge in [0.1, 0.15) is 0 Å². The lowest BCUT2D eigenvalue weighted by molar-refractivity contribution is -0.130. The van der Waals surface area contributed by atoms with Crippen LogP contribution in [-0.4, -0.2) is 59.5 Å².